The molecule has 0 heterocycles. The van der Waals surface area contributed by atoms with Crippen LogP contribution < -0.4 is 15.2 Å². The highest BCUT2D eigenvalue weighted by molar-refractivity contribution is 9.10. The SMILES string of the molecule is COc1cc(C(N)CC(=O)O)cc(Br)c1OC1CCCC1. The van der Waals surface area contributed by atoms with Crippen molar-refractivity contribution in [2.75, 3.05) is 7.11 Å². The van der Waals surface area contributed by atoms with Crippen LogP contribution in [-0.2, 0) is 4.79 Å². The van der Waals surface area contributed by atoms with Crippen molar-refractivity contribution in [3.8, 4) is 11.5 Å². The lowest BCUT2D eigenvalue weighted by molar-refractivity contribution is -0.137. The zero-order valence-corrected chi connectivity index (χ0v) is 13.6. The zero-order chi connectivity index (χ0) is 15.4. The summed E-state index contributed by atoms with van der Waals surface area (Å²) in [6.45, 7) is 0. The predicted octanol–water partition coefficient (Wildman–Crippen LogP) is 3.25. The highest BCUT2D eigenvalue weighted by atomic mass is 79.9. The molecule has 1 fully saturated rings. The molecule has 116 valence electrons. The van der Waals surface area contributed by atoms with E-state index in [9.17, 15) is 4.79 Å². The van der Waals surface area contributed by atoms with Crippen LogP contribution in [0.25, 0.3) is 0 Å². The summed E-state index contributed by atoms with van der Waals surface area (Å²) >= 11 is 3.47. The normalized spacial score (nSPS) is 16.7. The fourth-order valence-electron chi connectivity index (χ4n) is 2.55. The van der Waals surface area contributed by atoms with Gasteiger partial charge in [-0.2, -0.15) is 0 Å². The third kappa shape index (κ3) is 4.11. The molecule has 1 aliphatic carbocycles. The third-order valence-electron chi connectivity index (χ3n) is 3.66. The Morgan fingerprint density at radius 3 is 2.71 bits per heavy atom. The van der Waals surface area contributed by atoms with E-state index in [4.69, 9.17) is 20.3 Å². The van der Waals surface area contributed by atoms with Crippen LogP contribution in [0.3, 0.4) is 0 Å². The molecule has 0 bridgehead atoms. The van der Waals surface area contributed by atoms with Gasteiger partial charge in [-0.25, -0.2) is 0 Å². The highest BCUT2D eigenvalue weighted by Crippen LogP contribution is 2.40. The maximum Gasteiger partial charge on any atom is 0.305 e. The minimum absolute atomic E-state index is 0.127. The Morgan fingerprint density at radius 2 is 2.14 bits per heavy atom. The van der Waals surface area contributed by atoms with Gasteiger partial charge in [-0.1, -0.05) is 0 Å². The van der Waals surface area contributed by atoms with Crippen LogP contribution in [0, 0.1) is 0 Å². The number of halogens is 1. The summed E-state index contributed by atoms with van der Waals surface area (Å²) in [6.07, 6.45) is 4.57. The molecule has 6 heteroatoms. The molecule has 1 atom stereocenters. The molecule has 1 aromatic rings. The molecule has 1 saturated carbocycles. The molecule has 0 spiro atoms. The van der Waals surface area contributed by atoms with Crippen LogP contribution in [0.4, 0.5) is 0 Å². The van der Waals surface area contributed by atoms with E-state index in [-0.39, 0.29) is 12.5 Å². The minimum atomic E-state index is -0.927. The van der Waals surface area contributed by atoms with Crippen LogP contribution in [0.2, 0.25) is 0 Å². The number of aliphatic carboxylic acids is 1. The average Bonchev–Trinajstić information content (AvgIpc) is 2.92. The van der Waals surface area contributed by atoms with Gasteiger partial charge in [0.05, 0.1) is 24.1 Å². The van der Waals surface area contributed by atoms with E-state index < -0.39 is 12.0 Å². The van der Waals surface area contributed by atoms with Crippen molar-refractivity contribution in [2.24, 2.45) is 5.73 Å². The summed E-state index contributed by atoms with van der Waals surface area (Å²) in [7, 11) is 1.57. The highest BCUT2D eigenvalue weighted by Gasteiger charge is 2.22. The van der Waals surface area contributed by atoms with Crippen molar-refractivity contribution in [2.45, 2.75) is 44.2 Å². The van der Waals surface area contributed by atoms with Gasteiger partial charge in [0.1, 0.15) is 0 Å². The van der Waals surface area contributed by atoms with Crippen LogP contribution in [-0.4, -0.2) is 24.3 Å². The second-order valence-electron chi connectivity index (χ2n) is 5.26. The maximum atomic E-state index is 10.8. The van der Waals surface area contributed by atoms with Gasteiger partial charge in [0.2, 0.25) is 0 Å². The molecule has 0 aliphatic heterocycles. The average molecular weight is 358 g/mol. The lowest BCUT2D eigenvalue weighted by Gasteiger charge is -2.19. The van der Waals surface area contributed by atoms with Crippen molar-refractivity contribution in [3.05, 3.63) is 22.2 Å². The molecule has 3 N–H and O–H groups in total. The summed E-state index contributed by atoms with van der Waals surface area (Å²) in [4.78, 5) is 10.8. The molecule has 0 amide bonds. The quantitative estimate of drug-likeness (QED) is 0.816. The number of hydrogen-bond acceptors (Lipinski definition) is 4. The molecule has 1 aliphatic rings. The first-order chi connectivity index (χ1) is 10.0. The van der Waals surface area contributed by atoms with Gasteiger partial charge in [0, 0.05) is 6.04 Å². The molecule has 0 saturated heterocycles. The standard InChI is InChI=1S/C15H20BrNO4/c1-20-13-7-9(12(17)8-14(18)19)6-11(16)15(13)21-10-4-2-3-5-10/h6-7,10,12H,2-5,8,17H2,1H3,(H,18,19). The molecule has 1 unspecified atom stereocenters. The molecule has 2 rings (SSSR count). The number of carboxylic acid groups (broad SMARTS) is 1. The second-order valence-corrected chi connectivity index (χ2v) is 6.12. The number of methoxy groups -OCH3 is 1. The number of ether oxygens (including phenoxy) is 2. The molecule has 0 radical (unpaired) electrons. The summed E-state index contributed by atoms with van der Waals surface area (Å²) < 4.78 is 12.1. The Balaban J connectivity index is 2.23. The van der Waals surface area contributed by atoms with E-state index in [0.29, 0.717) is 17.1 Å². The molecular weight excluding hydrogens is 338 g/mol. The van der Waals surface area contributed by atoms with Crippen molar-refractivity contribution in [3.63, 3.8) is 0 Å². The lowest BCUT2D eigenvalue weighted by atomic mass is 10.0. The number of rotatable bonds is 6. The van der Waals surface area contributed by atoms with E-state index in [2.05, 4.69) is 15.9 Å². The lowest BCUT2D eigenvalue weighted by Crippen LogP contribution is -2.16. The van der Waals surface area contributed by atoms with Gasteiger partial charge in [-0.15, -0.1) is 0 Å². The number of nitrogens with two attached hydrogens (primary N) is 1. The Labute approximate surface area is 132 Å². The summed E-state index contributed by atoms with van der Waals surface area (Å²) in [5.41, 5.74) is 6.61. The molecule has 21 heavy (non-hydrogen) atoms. The molecule has 1 aromatic carbocycles. The van der Waals surface area contributed by atoms with Gasteiger partial charge >= 0.3 is 5.97 Å². The molecule has 0 aromatic heterocycles. The fraction of sp³-hybridized carbons (Fsp3) is 0.533. The topological polar surface area (TPSA) is 81.8 Å². The van der Waals surface area contributed by atoms with E-state index in [1.165, 1.54) is 12.8 Å². The Hall–Kier alpha value is -1.27. The van der Waals surface area contributed by atoms with E-state index in [0.717, 1.165) is 17.3 Å². The Bertz CT molecular complexity index is 515. The number of hydrogen-bond donors (Lipinski definition) is 2. The van der Waals surface area contributed by atoms with E-state index in [1.54, 1.807) is 19.2 Å². The van der Waals surface area contributed by atoms with Crippen molar-refractivity contribution in [1.82, 2.24) is 0 Å². The Kier molecular flexibility index (Phi) is 5.47. The first kappa shape index (κ1) is 16.1. The van der Waals surface area contributed by atoms with Crippen LogP contribution in [0.15, 0.2) is 16.6 Å². The zero-order valence-electron chi connectivity index (χ0n) is 12.0. The van der Waals surface area contributed by atoms with Crippen LogP contribution in [0.1, 0.15) is 43.7 Å². The second kappa shape index (κ2) is 7.13. The number of benzene rings is 1. The fourth-order valence-corrected chi connectivity index (χ4v) is 3.10. The van der Waals surface area contributed by atoms with Crippen molar-refractivity contribution in [1.29, 1.82) is 0 Å². The third-order valence-corrected chi connectivity index (χ3v) is 4.25. The van der Waals surface area contributed by atoms with Crippen LogP contribution >= 0.6 is 15.9 Å². The number of carboxylic acids is 1. The van der Waals surface area contributed by atoms with Gasteiger partial charge in [-0.05, 0) is 59.3 Å². The largest absolute Gasteiger partial charge is 0.493 e. The minimum Gasteiger partial charge on any atom is -0.493 e. The monoisotopic (exact) mass is 357 g/mol. The van der Waals surface area contributed by atoms with E-state index in [1.807, 2.05) is 0 Å². The smallest absolute Gasteiger partial charge is 0.305 e. The molecule has 5 nitrogen and oxygen atoms in total. The van der Waals surface area contributed by atoms with Crippen LogP contribution in [0.5, 0.6) is 11.5 Å². The Morgan fingerprint density at radius 1 is 1.48 bits per heavy atom. The van der Waals surface area contributed by atoms with Gasteiger partial charge in [0.25, 0.3) is 0 Å². The summed E-state index contributed by atoms with van der Waals surface area (Å²) in [5, 5.41) is 8.84. The molecular formula is C15H20BrNO4. The van der Waals surface area contributed by atoms with E-state index >= 15 is 0 Å². The van der Waals surface area contributed by atoms with Gasteiger partial charge in [-0.3, -0.25) is 4.79 Å². The summed E-state index contributed by atoms with van der Waals surface area (Å²) in [5.74, 6) is 0.312. The van der Waals surface area contributed by atoms with Gasteiger partial charge < -0.3 is 20.3 Å². The first-order valence-electron chi connectivity index (χ1n) is 7.02. The van der Waals surface area contributed by atoms with Crippen molar-refractivity contribution >= 4 is 21.9 Å². The summed E-state index contributed by atoms with van der Waals surface area (Å²) in [6, 6.07) is 2.98. The van der Waals surface area contributed by atoms with Gasteiger partial charge in [0.15, 0.2) is 11.5 Å². The first-order valence-corrected chi connectivity index (χ1v) is 7.82. The number of carbonyl (C=O) groups is 1. The maximum absolute atomic E-state index is 10.8. The predicted molar refractivity (Wildman–Crippen MR) is 82.8 cm³/mol. The van der Waals surface area contributed by atoms with Crippen molar-refractivity contribution < 1.29 is 19.4 Å².